The van der Waals surface area contributed by atoms with E-state index in [0.717, 1.165) is 30.6 Å². The molecule has 27 heavy (non-hydrogen) atoms. The number of rotatable bonds is 6. The molecule has 1 atom stereocenters. The van der Waals surface area contributed by atoms with Crippen LogP contribution in [0.4, 0.5) is 16.2 Å². The van der Waals surface area contributed by atoms with E-state index in [1.165, 1.54) is 0 Å². The Balaban J connectivity index is 1.49. The Labute approximate surface area is 163 Å². The number of carbonyl (C=O) groups excluding carboxylic acids is 2. The van der Waals surface area contributed by atoms with Gasteiger partial charge in [0.15, 0.2) is 0 Å². The highest BCUT2D eigenvalue weighted by molar-refractivity contribution is 6.33. The molecule has 1 fully saturated rings. The van der Waals surface area contributed by atoms with Crippen molar-refractivity contribution in [1.29, 1.82) is 0 Å². The van der Waals surface area contributed by atoms with E-state index in [-0.39, 0.29) is 18.0 Å². The van der Waals surface area contributed by atoms with Crippen molar-refractivity contribution >= 4 is 34.9 Å². The van der Waals surface area contributed by atoms with Crippen LogP contribution in [0.3, 0.4) is 0 Å². The molecule has 1 aliphatic rings. The molecule has 4 N–H and O–H groups in total. The number of halogens is 1. The van der Waals surface area contributed by atoms with E-state index in [2.05, 4.69) is 21.3 Å². The third kappa shape index (κ3) is 5.98. The van der Waals surface area contributed by atoms with Crippen LogP contribution in [0.2, 0.25) is 5.02 Å². The summed E-state index contributed by atoms with van der Waals surface area (Å²) in [6.07, 6.45) is 2.63. The van der Waals surface area contributed by atoms with Crippen molar-refractivity contribution in [3.8, 4) is 0 Å². The first-order valence-electron chi connectivity index (χ1n) is 9.02. The number of urea groups is 1. The number of benzene rings is 2. The Kier molecular flexibility index (Phi) is 6.68. The Morgan fingerprint density at radius 1 is 1.11 bits per heavy atom. The first-order valence-corrected chi connectivity index (χ1v) is 9.39. The second kappa shape index (κ2) is 9.39. The lowest BCUT2D eigenvalue weighted by Crippen LogP contribution is -2.28. The van der Waals surface area contributed by atoms with Gasteiger partial charge in [-0.2, -0.15) is 0 Å². The topological polar surface area (TPSA) is 82.3 Å². The van der Waals surface area contributed by atoms with Crippen LogP contribution in [-0.2, 0) is 11.3 Å². The van der Waals surface area contributed by atoms with E-state index in [1.807, 2.05) is 24.3 Å². The van der Waals surface area contributed by atoms with Gasteiger partial charge in [0.2, 0.25) is 5.91 Å². The van der Waals surface area contributed by atoms with Crippen molar-refractivity contribution in [2.45, 2.75) is 31.8 Å². The number of para-hydroxylation sites is 1. The van der Waals surface area contributed by atoms with Crippen LogP contribution in [0.25, 0.3) is 0 Å². The maximum atomic E-state index is 12.1. The highest BCUT2D eigenvalue weighted by Gasteiger charge is 2.17. The number of amides is 3. The molecule has 0 aromatic heterocycles. The molecule has 3 rings (SSSR count). The summed E-state index contributed by atoms with van der Waals surface area (Å²) in [6.45, 7) is 1.32. The van der Waals surface area contributed by atoms with Crippen molar-refractivity contribution in [2.75, 3.05) is 17.2 Å². The summed E-state index contributed by atoms with van der Waals surface area (Å²) < 4.78 is 0. The molecule has 0 bridgehead atoms. The fourth-order valence-corrected chi connectivity index (χ4v) is 3.22. The van der Waals surface area contributed by atoms with Crippen LogP contribution < -0.4 is 21.3 Å². The highest BCUT2D eigenvalue weighted by atomic mass is 35.5. The number of anilines is 2. The van der Waals surface area contributed by atoms with Gasteiger partial charge in [0, 0.05) is 24.7 Å². The molecule has 2 aromatic rings. The van der Waals surface area contributed by atoms with Crippen molar-refractivity contribution in [3.05, 3.63) is 59.1 Å². The Morgan fingerprint density at radius 3 is 2.74 bits per heavy atom. The van der Waals surface area contributed by atoms with Gasteiger partial charge in [0.25, 0.3) is 0 Å². The molecule has 1 heterocycles. The molecule has 142 valence electrons. The fourth-order valence-electron chi connectivity index (χ4n) is 3.04. The van der Waals surface area contributed by atoms with Gasteiger partial charge < -0.3 is 21.3 Å². The van der Waals surface area contributed by atoms with Gasteiger partial charge in [-0.1, -0.05) is 35.9 Å². The summed E-state index contributed by atoms with van der Waals surface area (Å²) in [5.74, 6) is -0.00373. The molecule has 1 unspecified atom stereocenters. The molecule has 6 nitrogen and oxygen atoms in total. The molecule has 0 saturated carbocycles. The molecule has 0 radical (unpaired) electrons. The zero-order valence-corrected chi connectivity index (χ0v) is 15.7. The second-order valence-corrected chi connectivity index (χ2v) is 6.94. The summed E-state index contributed by atoms with van der Waals surface area (Å²) >= 11 is 6.03. The van der Waals surface area contributed by atoms with Gasteiger partial charge in [-0.25, -0.2) is 4.79 Å². The van der Waals surface area contributed by atoms with E-state index in [0.29, 0.717) is 23.7 Å². The molecule has 3 amide bonds. The van der Waals surface area contributed by atoms with Crippen molar-refractivity contribution in [2.24, 2.45) is 0 Å². The molecule has 1 saturated heterocycles. The Morgan fingerprint density at radius 2 is 1.96 bits per heavy atom. The third-order valence-electron chi connectivity index (χ3n) is 4.38. The molecule has 1 aliphatic heterocycles. The second-order valence-electron chi connectivity index (χ2n) is 6.53. The fraction of sp³-hybridized carbons (Fsp3) is 0.300. The van der Waals surface area contributed by atoms with Crippen LogP contribution in [0, 0.1) is 0 Å². The summed E-state index contributed by atoms with van der Waals surface area (Å²) in [6, 6.07) is 14.4. The van der Waals surface area contributed by atoms with Gasteiger partial charge in [0.05, 0.1) is 10.7 Å². The lowest BCUT2D eigenvalue weighted by molar-refractivity contribution is -0.116. The molecule has 0 aliphatic carbocycles. The zero-order chi connectivity index (χ0) is 19.1. The van der Waals surface area contributed by atoms with Gasteiger partial charge in [0.1, 0.15) is 0 Å². The first kappa shape index (κ1) is 19.2. The maximum Gasteiger partial charge on any atom is 0.319 e. The predicted molar refractivity (Wildman–Crippen MR) is 108 cm³/mol. The molecule has 0 spiro atoms. The summed E-state index contributed by atoms with van der Waals surface area (Å²) in [4.78, 5) is 24.2. The van der Waals surface area contributed by atoms with Crippen molar-refractivity contribution in [1.82, 2.24) is 10.6 Å². The minimum Gasteiger partial charge on any atom is -0.334 e. The summed E-state index contributed by atoms with van der Waals surface area (Å²) in [5.41, 5.74) is 2.17. The minimum atomic E-state index is -0.343. The van der Waals surface area contributed by atoms with E-state index in [9.17, 15) is 9.59 Å². The van der Waals surface area contributed by atoms with E-state index < -0.39 is 0 Å². The van der Waals surface area contributed by atoms with Crippen molar-refractivity contribution < 1.29 is 9.59 Å². The monoisotopic (exact) mass is 386 g/mol. The van der Waals surface area contributed by atoms with Crippen LogP contribution in [0.15, 0.2) is 48.5 Å². The predicted octanol–water partition coefficient (Wildman–Crippen LogP) is 3.74. The average Bonchev–Trinajstić information content (AvgIpc) is 3.15. The number of hydrogen-bond donors (Lipinski definition) is 4. The number of nitrogens with one attached hydrogen (secondary N) is 4. The smallest absolute Gasteiger partial charge is 0.319 e. The van der Waals surface area contributed by atoms with Gasteiger partial charge in [-0.05, 0) is 49.2 Å². The molecule has 2 aromatic carbocycles. The average molecular weight is 387 g/mol. The zero-order valence-electron chi connectivity index (χ0n) is 14.9. The van der Waals surface area contributed by atoms with Gasteiger partial charge in [-0.15, -0.1) is 0 Å². The minimum absolute atomic E-state index is 0.00373. The Hall–Kier alpha value is -2.57. The number of hydrogen-bond acceptors (Lipinski definition) is 3. The maximum absolute atomic E-state index is 12.1. The normalized spacial score (nSPS) is 16.0. The van der Waals surface area contributed by atoms with Crippen LogP contribution >= 0.6 is 11.6 Å². The summed E-state index contributed by atoms with van der Waals surface area (Å²) in [5, 5.41) is 12.2. The van der Waals surface area contributed by atoms with E-state index in [4.69, 9.17) is 11.6 Å². The van der Waals surface area contributed by atoms with E-state index >= 15 is 0 Å². The lowest BCUT2D eigenvalue weighted by Gasteiger charge is -2.12. The SMILES string of the molecule is O=C(CC1CCCN1)Nc1cccc(CNC(=O)Nc2ccccc2Cl)c1. The highest BCUT2D eigenvalue weighted by Crippen LogP contribution is 2.20. The van der Waals surface area contributed by atoms with Gasteiger partial charge >= 0.3 is 6.03 Å². The van der Waals surface area contributed by atoms with Crippen molar-refractivity contribution in [3.63, 3.8) is 0 Å². The lowest BCUT2D eigenvalue weighted by atomic mass is 10.1. The molecular weight excluding hydrogens is 364 g/mol. The quantitative estimate of drug-likeness (QED) is 0.610. The molecular formula is C20H23ClN4O2. The standard InChI is InChI=1S/C20H23ClN4O2/c21-17-8-1-2-9-18(17)25-20(27)23-13-14-5-3-6-16(11-14)24-19(26)12-15-7-4-10-22-15/h1-3,5-6,8-9,11,15,22H,4,7,10,12-13H2,(H,24,26)(H2,23,25,27). The summed E-state index contributed by atoms with van der Waals surface area (Å²) in [7, 11) is 0. The van der Waals surface area contributed by atoms with Crippen LogP contribution in [-0.4, -0.2) is 24.5 Å². The number of carbonyl (C=O) groups is 2. The third-order valence-corrected chi connectivity index (χ3v) is 4.71. The van der Waals surface area contributed by atoms with Gasteiger partial charge in [-0.3, -0.25) is 4.79 Å². The largest absolute Gasteiger partial charge is 0.334 e. The van der Waals surface area contributed by atoms with Crippen LogP contribution in [0.5, 0.6) is 0 Å². The Bertz CT molecular complexity index is 806. The van der Waals surface area contributed by atoms with Crippen LogP contribution in [0.1, 0.15) is 24.8 Å². The van der Waals surface area contributed by atoms with E-state index in [1.54, 1.807) is 24.3 Å². The molecule has 7 heteroatoms. The first-order chi connectivity index (χ1) is 13.1.